The molecule has 2 aromatic heterocycles. The molecule has 0 saturated carbocycles. The molecule has 3 aliphatic rings. The molecule has 3 aromatic carbocycles. The summed E-state index contributed by atoms with van der Waals surface area (Å²) in [6, 6.07) is 8.60. The van der Waals surface area contributed by atoms with Gasteiger partial charge in [0.2, 0.25) is 0 Å². The first-order valence-electron chi connectivity index (χ1n) is 17.9. The number of nitrogens with zero attached hydrogens (tertiary/aromatic N) is 6. The molecule has 2 saturated heterocycles. The summed E-state index contributed by atoms with van der Waals surface area (Å²) < 4.78 is 46.9. The molecular formula is C40H39ClFN6O6Pd-. The van der Waals surface area contributed by atoms with Gasteiger partial charge in [-0.3, -0.25) is 0 Å². The average molecular weight is 861 g/mol. The number of hydrogen-bond acceptors (Lipinski definition) is 10. The number of carbonyl (C=O) groups is 1. The quantitative estimate of drug-likeness (QED) is 0.132. The molecule has 8 rings (SSSR count). The predicted octanol–water partition coefficient (Wildman–Crippen LogP) is 6.84. The van der Waals surface area contributed by atoms with Crippen molar-refractivity contribution in [1.82, 2.24) is 25.1 Å². The van der Waals surface area contributed by atoms with Gasteiger partial charge >= 0.3 is 12.1 Å². The maximum absolute atomic E-state index is 15.7. The number of terminal acetylenes is 1. The van der Waals surface area contributed by atoms with Gasteiger partial charge in [0.25, 0.3) is 0 Å². The monoisotopic (exact) mass is 859 g/mol. The van der Waals surface area contributed by atoms with E-state index in [2.05, 4.69) is 21.0 Å². The largest absolute Gasteiger partial charge is 0.581 e. The Labute approximate surface area is 336 Å². The molecule has 1 unspecified atom stereocenters. The van der Waals surface area contributed by atoms with Gasteiger partial charge in [0.05, 0.1) is 35.2 Å². The second kappa shape index (κ2) is 15.5. The summed E-state index contributed by atoms with van der Waals surface area (Å²) in [6.45, 7) is 9.66. The maximum atomic E-state index is 15.7. The van der Waals surface area contributed by atoms with E-state index in [1.807, 2.05) is 45.0 Å². The summed E-state index contributed by atoms with van der Waals surface area (Å²) >= 11 is 7.47. The first kappa shape index (κ1) is 38.6. The van der Waals surface area contributed by atoms with Crippen molar-refractivity contribution in [1.29, 1.82) is 0 Å². The van der Waals surface area contributed by atoms with Crippen molar-refractivity contribution in [2.24, 2.45) is 0 Å². The Morgan fingerprint density at radius 1 is 1.15 bits per heavy atom. The predicted molar refractivity (Wildman–Crippen MR) is 201 cm³/mol. The smallest absolute Gasteiger partial charge is 0.410 e. The number of amides is 1. The first-order valence-corrected chi connectivity index (χ1v) is 18.3. The minimum absolute atomic E-state index is 0. The number of fused-ring (bicyclic) bond motifs is 3. The van der Waals surface area contributed by atoms with Crippen LogP contribution in [-0.4, -0.2) is 83.3 Å². The Balaban J connectivity index is 0.00000465. The Kier molecular flexibility index (Phi) is 10.9. The fourth-order valence-electron chi connectivity index (χ4n) is 7.19. The number of halogens is 2. The van der Waals surface area contributed by atoms with E-state index in [-0.39, 0.29) is 62.6 Å². The second-order valence-corrected chi connectivity index (χ2v) is 15.1. The maximum Gasteiger partial charge on any atom is 0.410 e. The molecule has 5 heterocycles. The molecule has 3 aliphatic heterocycles. The van der Waals surface area contributed by atoms with Gasteiger partial charge in [-0.05, 0) is 62.4 Å². The molecular weight excluding hydrogens is 821 g/mol. The molecule has 0 bridgehead atoms. The van der Waals surface area contributed by atoms with Crippen molar-refractivity contribution < 1.29 is 53.3 Å². The zero-order valence-electron chi connectivity index (χ0n) is 30.8. The third-order valence-electron chi connectivity index (χ3n) is 9.87. The van der Waals surface area contributed by atoms with Crippen LogP contribution in [0.15, 0.2) is 36.5 Å². The molecule has 2 fully saturated rings. The van der Waals surface area contributed by atoms with Gasteiger partial charge in [0.1, 0.15) is 42.1 Å². The van der Waals surface area contributed by atoms with Gasteiger partial charge in [-0.25, -0.2) is 9.18 Å². The van der Waals surface area contributed by atoms with Gasteiger partial charge in [-0.15, -0.1) is 6.42 Å². The van der Waals surface area contributed by atoms with Gasteiger partial charge in [0.15, 0.2) is 11.5 Å². The van der Waals surface area contributed by atoms with Crippen molar-refractivity contribution >= 4 is 45.3 Å². The van der Waals surface area contributed by atoms with Gasteiger partial charge < -0.3 is 43.7 Å². The molecule has 55 heavy (non-hydrogen) atoms. The van der Waals surface area contributed by atoms with Crippen LogP contribution in [0.2, 0.25) is 5.02 Å². The van der Waals surface area contributed by atoms with Gasteiger partial charge in [0, 0.05) is 69.6 Å². The molecule has 290 valence electrons. The molecule has 0 aliphatic carbocycles. The average Bonchev–Trinajstić information content (AvgIpc) is 3.55. The van der Waals surface area contributed by atoms with Gasteiger partial charge in [-0.1, -0.05) is 29.7 Å². The number of benzene rings is 3. The molecule has 0 radical (unpaired) electrons. The molecule has 5 aromatic rings. The molecule has 15 heteroatoms. The zero-order chi connectivity index (χ0) is 37.7. The van der Waals surface area contributed by atoms with Crippen LogP contribution >= 0.6 is 11.6 Å². The Hall–Kier alpha value is -4.66. The normalized spacial score (nSPS) is 17.1. The van der Waals surface area contributed by atoms with Crippen LogP contribution in [0, 0.1) is 25.1 Å². The van der Waals surface area contributed by atoms with E-state index in [0.29, 0.717) is 95.8 Å². The van der Waals surface area contributed by atoms with E-state index in [1.54, 1.807) is 18.0 Å². The number of anilines is 1. The van der Waals surface area contributed by atoms with Crippen LogP contribution in [-0.2, 0) is 36.5 Å². The topological polar surface area (TPSA) is 122 Å². The fourth-order valence-corrected chi connectivity index (χ4v) is 7.52. The number of rotatable bonds is 6. The van der Waals surface area contributed by atoms with Crippen molar-refractivity contribution in [3.63, 3.8) is 0 Å². The molecule has 0 N–H and O–H groups in total. The minimum atomic E-state index is -0.656. The van der Waals surface area contributed by atoms with Crippen LogP contribution in [0.3, 0.4) is 0 Å². The number of aromatic nitrogens is 4. The van der Waals surface area contributed by atoms with E-state index < -0.39 is 17.5 Å². The van der Waals surface area contributed by atoms with Gasteiger partial charge in [-0.2, -0.15) is 16.2 Å². The Morgan fingerprint density at radius 3 is 2.64 bits per heavy atom. The van der Waals surface area contributed by atoms with E-state index in [0.717, 1.165) is 11.1 Å². The summed E-state index contributed by atoms with van der Waals surface area (Å²) in [6.07, 6.45) is 7.94. The Bertz CT molecular complexity index is 2300. The summed E-state index contributed by atoms with van der Waals surface area (Å²) in [5.41, 5.74) is 2.78. The third-order valence-corrected chi connectivity index (χ3v) is 10.2. The van der Waals surface area contributed by atoms with Crippen LogP contribution in [0.1, 0.15) is 50.3 Å². The van der Waals surface area contributed by atoms with Crippen molar-refractivity contribution in [2.75, 3.05) is 44.4 Å². The third kappa shape index (κ3) is 7.51. The van der Waals surface area contributed by atoms with Crippen molar-refractivity contribution in [3.8, 4) is 41.0 Å². The number of piperazine rings is 1. The van der Waals surface area contributed by atoms with E-state index in [4.69, 9.17) is 51.7 Å². The molecule has 0 spiro atoms. The van der Waals surface area contributed by atoms with E-state index >= 15 is 4.39 Å². The van der Waals surface area contributed by atoms with Crippen LogP contribution in [0.4, 0.5) is 15.0 Å². The van der Waals surface area contributed by atoms with Crippen molar-refractivity contribution in [2.45, 2.75) is 64.9 Å². The van der Waals surface area contributed by atoms with E-state index in [1.165, 1.54) is 6.07 Å². The fraction of sp³-hybridized carbons (Fsp3) is 0.400. The standard InChI is InChI=1S/C40H39ClFN6O6.Pd/c1-6-23-7-9-24(10-8-23)20-51-36-31(30-22(2)28(42)17-29-27(30)18-43-46-29)33(41)35-32-34(36)44-38(53-26-11-15-50-16-12-26)45-37(32)48-14-13-47(19-25(48)21-52-35)39(49)54-40(3,4)5;/h1,7-10,17-18,25-26H,11-16,19-21H2,2-5H3;/q-1;. The first-order chi connectivity index (χ1) is 26.0. The molecule has 1 amide bonds. The summed E-state index contributed by atoms with van der Waals surface area (Å²) in [7, 11) is 0. The second-order valence-electron chi connectivity index (χ2n) is 14.7. The van der Waals surface area contributed by atoms with Crippen LogP contribution < -0.4 is 24.2 Å². The minimum Gasteiger partial charge on any atom is -0.581 e. The van der Waals surface area contributed by atoms with Crippen molar-refractivity contribution in [3.05, 3.63) is 64.1 Å². The van der Waals surface area contributed by atoms with Crippen LogP contribution in [0.5, 0.6) is 17.5 Å². The number of ether oxygens (including phenoxy) is 5. The van der Waals surface area contributed by atoms with Crippen LogP contribution in [0.25, 0.3) is 32.9 Å². The number of carbonyl (C=O) groups excluding carboxylic acids is 1. The van der Waals surface area contributed by atoms with E-state index in [9.17, 15) is 4.79 Å². The summed E-state index contributed by atoms with van der Waals surface area (Å²) in [4.78, 5) is 27.1. The Morgan fingerprint density at radius 2 is 1.91 bits per heavy atom. The SMILES string of the molecule is C#Cc1ccc(COc2c(-c3c(C)c(F)cc4n[n-]cc34)c(Cl)c3c4c(nc(OC5CCOCC5)nc24)N2CCN(C(=O)OC(C)(C)C)CC2CO3)cc1.[Pd]. The zero-order valence-corrected chi connectivity index (χ0v) is 33.1. The molecule has 12 nitrogen and oxygen atoms in total. The summed E-state index contributed by atoms with van der Waals surface area (Å²) in [5, 5.41) is 9.55. The molecule has 1 atom stereocenters. The summed E-state index contributed by atoms with van der Waals surface area (Å²) in [5.74, 6) is 3.27. The number of hydrogen-bond donors (Lipinski definition) is 0.